The van der Waals surface area contributed by atoms with E-state index in [-0.39, 0.29) is 5.91 Å². The van der Waals surface area contributed by atoms with Crippen LogP contribution in [0.4, 0.5) is 5.82 Å². The first-order valence-electron chi connectivity index (χ1n) is 10.6. The average molecular weight is 410 g/mol. The molecular formula is C22H27N5OS. The summed E-state index contributed by atoms with van der Waals surface area (Å²) in [5.74, 6) is 1.34. The summed E-state index contributed by atoms with van der Waals surface area (Å²) in [5, 5.41) is 1.26. The largest absolute Gasteiger partial charge is 0.353 e. The monoisotopic (exact) mass is 409 g/mol. The molecule has 7 heteroatoms. The summed E-state index contributed by atoms with van der Waals surface area (Å²) in [7, 11) is 0. The van der Waals surface area contributed by atoms with E-state index in [0.29, 0.717) is 0 Å². The van der Waals surface area contributed by atoms with Crippen molar-refractivity contribution in [2.45, 2.75) is 26.2 Å². The molecule has 2 aromatic rings. The normalized spacial score (nSPS) is 21.0. The zero-order valence-electron chi connectivity index (χ0n) is 16.9. The van der Waals surface area contributed by atoms with Gasteiger partial charge in [-0.3, -0.25) is 14.7 Å². The number of carbonyl (C=O) groups is 1. The molecule has 5 rings (SSSR count). The van der Waals surface area contributed by atoms with Gasteiger partial charge in [0.15, 0.2) is 0 Å². The molecule has 0 atom stereocenters. The number of rotatable bonds is 4. The Labute approximate surface area is 175 Å². The molecule has 0 aliphatic carbocycles. The van der Waals surface area contributed by atoms with E-state index in [4.69, 9.17) is 4.37 Å². The number of fused-ring (bicyclic) bond motifs is 1. The Hall–Kier alpha value is -2.25. The smallest absolute Gasteiger partial charge is 0.252 e. The molecule has 1 aromatic carbocycles. The Bertz CT molecular complexity index is 986. The number of carbonyl (C=O) groups excluding carboxylic acids is 1. The van der Waals surface area contributed by atoms with Gasteiger partial charge in [-0.15, -0.1) is 0 Å². The lowest BCUT2D eigenvalue weighted by molar-refractivity contribution is -0.127. The van der Waals surface area contributed by atoms with E-state index >= 15 is 0 Å². The summed E-state index contributed by atoms with van der Waals surface area (Å²) in [6.07, 6.45) is 2.70. The van der Waals surface area contributed by atoms with Gasteiger partial charge in [-0.05, 0) is 43.4 Å². The van der Waals surface area contributed by atoms with Gasteiger partial charge in [0.1, 0.15) is 5.82 Å². The summed E-state index contributed by atoms with van der Waals surface area (Å²) in [6, 6.07) is 8.47. The number of hydrogen-bond acceptors (Lipinski definition) is 6. The lowest BCUT2D eigenvalue weighted by Gasteiger charge is -2.36. The number of amides is 1. The summed E-state index contributed by atoms with van der Waals surface area (Å²) < 4.78 is 5.95. The third-order valence-corrected chi connectivity index (χ3v) is 7.03. The summed E-state index contributed by atoms with van der Waals surface area (Å²) in [4.78, 5) is 24.5. The maximum Gasteiger partial charge on any atom is 0.252 e. The Kier molecular flexibility index (Phi) is 5.09. The first-order valence-corrected chi connectivity index (χ1v) is 11.3. The topological polar surface area (TPSA) is 52.0 Å². The second-order valence-electron chi connectivity index (χ2n) is 8.18. The minimum Gasteiger partial charge on any atom is -0.353 e. The van der Waals surface area contributed by atoms with Crippen molar-refractivity contribution in [1.82, 2.24) is 14.2 Å². The van der Waals surface area contributed by atoms with Crippen molar-refractivity contribution in [3.63, 3.8) is 0 Å². The predicted molar refractivity (Wildman–Crippen MR) is 119 cm³/mol. The highest BCUT2D eigenvalue weighted by atomic mass is 32.1. The first-order chi connectivity index (χ1) is 14.2. The van der Waals surface area contributed by atoms with E-state index < -0.39 is 0 Å². The van der Waals surface area contributed by atoms with Crippen LogP contribution in [-0.4, -0.2) is 71.6 Å². The highest BCUT2D eigenvalue weighted by Crippen LogP contribution is 2.30. The van der Waals surface area contributed by atoms with Crippen LogP contribution in [0.15, 0.2) is 40.5 Å². The molecule has 1 saturated heterocycles. The van der Waals surface area contributed by atoms with Gasteiger partial charge in [0.05, 0.1) is 4.70 Å². The van der Waals surface area contributed by atoms with Crippen LogP contribution >= 0.6 is 11.5 Å². The van der Waals surface area contributed by atoms with Gasteiger partial charge >= 0.3 is 0 Å². The molecule has 1 fully saturated rings. The van der Waals surface area contributed by atoms with Gasteiger partial charge in [-0.2, -0.15) is 4.37 Å². The average Bonchev–Trinajstić information content (AvgIpc) is 3.30. The zero-order chi connectivity index (χ0) is 19.8. The molecule has 3 aliphatic rings. The fourth-order valence-corrected chi connectivity index (χ4v) is 5.39. The first kappa shape index (κ1) is 18.8. The number of benzene rings is 1. The molecule has 6 nitrogen and oxygen atoms in total. The van der Waals surface area contributed by atoms with Gasteiger partial charge < -0.3 is 9.80 Å². The standard InChI is InChI=1S/C22H27N5OS/c1-16-15-18-19(23-16)6-4-8-27(22(18)28)14-11-25-9-12-26(13-10-25)21-17-5-2-3-7-20(17)29-24-21/h2-3,5,7H,4,6,8-15H2,1H3. The van der Waals surface area contributed by atoms with E-state index in [9.17, 15) is 4.79 Å². The molecule has 0 bridgehead atoms. The number of nitrogens with zero attached hydrogens (tertiary/aromatic N) is 5. The van der Waals surface area contributed by atoms with E-state index in [1.807, 2.05) is 6.92 Å². The Morgan fingerprint density at radius 2 is 1.90 bits per heavy atom. The van der Waals surface area contributed by atoms with Crippen molar-refractivity contribution in [1.29, 1.82) is 0 Å². The number of anilines is 1. The zero-order valence-corrected chi connectivity index (χ0v) is 17.7. The van der Waals surface area contributed by atoms with E-state index in [2.05, 4.69) is 44.0 Å². The molecule has 4 heterocycles. The molecule has 0 saturated carbocycles. The Morgan fingerprint density at radius 1 is 1.07 bits per heavy atom. The minimum atomic E-state index is 0.214. The number of aliphatic imine (C=N–C) groups is 1. The van der Waals surface area contributed by atoms with Gasteiger partial charge in [0.2, 0.25) is 0 Å². The molecule has 1 aromatic heterocycles. The van der Waals surface area contributed by atoms with E-state index in [0.717, 1.165) is 87.9 Å². The van der Waals surface area contributed by atoms with Crippen LogP contribution in [0.1, 0.15) is 26.2 Å². The lowest BCUT2D eigenvalue weighted by atomic mass is 10.1. The lowest BCUT2D eigenvalue weighted by Crippen LogP contribution is -2.49. The molecule has 29 heavy (non-hydrogen) atoms. The van der Waals surface area contributed by atoms with Crippen LogP contribution in [0.3, 0.4) is 0 Å². The van der Waals surface area contributed by atoms with Crippen LogP contribution < -0.4 is 4.90 Å². The highest BCUT2D eigenvalue weighted by Gasteiger charge is 2.29. The van der Waals surface area contributed by atoms with Crippen LogP contribution in [-0.2, 0) is 4.79 Å². The van der Waals surface area contributed by atoms with E-state index in [1.54, 1.807) is 11.5 Å². The third-order valence-electron chi connectivity index (χ3n) is 6.21. The minimum absolute atomic E-state index is 0.214. The molecule has 1 amide bonds. The van der Waals surface area contributed by atoms with Crippen molar-refractivity contribution in [3.8, 4) is 0 Å². The molecule has 0 N–H and O–H groups in total. The number of allylic oxidation sites excluding steroid dienone is 1. The van der Waals surface area contributed by atoms with Crippen molar-refractivity contribution in [2.24, 2.45) is 4.99 Å². The van der Waals surface area contributed by atoms with Crippen molar-refractivity contribution in [3.05, 3.63) is 35.5 Å². The molecule has 0 spiro atoms. The van der Waals surface area contributed by atoms with Crippen LogP contribution in [0.25, 0.3) is 10.1 Å². The predicted octanol–water partition coefficient (Wildman–Crippen LogP) is 3.16. The van der Waals surface area contributed by atoms with Crippen LogP contribution in [0.5, 0.6) is 0 Å². The van der Waals surface area contributed by atoms with Gasteiger partial charge in [0.25, 0.3) is 5.91 Å². The maximum absolute atomic E-state index is 12.9. The second kappa shape index (κ2) is 7.88. The van der Waals surface area contributed by atoms with Crippen molar-refractivity contribution in [2.75, 3.05) is 50.7 Å². The number of aromatic nitrogens is 1. The molecule has 152 valence electrons. The maximum atomic E-state index is 12.9. The molecule has 3 aliphatic heterocycles. The summed E-state index contributed by atoms with van der Waals surface area (Å²) >= 11 is 1.58. The highest BCUT2D eigenvalue weighted by molar-refractivity contribution is 7.13. The van der Waals surface area contributed by atoms with Gasteiger partial charge in [-0.1, -0.05) is 12.1 Å². The summed E-state index contributed by atoms with van der Waals surface area (Å²) in [5.41, 5.74) is 3.07. The second-order valence-corrected chi connectivity index (χ2v) is 8.98. The molecule has 0 unspecified atom stereocenters. The van der Waals surface area contributed by atoms with Crippen LogP contribution in [0, 0.1) is 0 Å². The Balaban J connectivity index is 1.16. The molecular weight excluding hydrogens is 382 g/mol. The SMILES string of the molecule is CC1=NC2=C(C1)C(=O)N(CCN1CCN(c3nsc4ccccc34)CC1)CCC2. The number of hydrogen-bond donors (Lipinski definition) is 0. The number of piperazine rings is 1. The van der Waals surface area contributed by atoms with Gasteiger partial charge in [-0.25, -0.2) is 0 Å². The van der Waals surface area contributed by atoms with E-state index in [1.165, 1.54) is 10.1 Å². The quantitative estimate of drug-likeness (QED) is 0.778. The van der Waals surface area contributed by atoms with Crippen molar-refractivity contribution >= 4 is 39.1 Å². The van der Waals surface area contributed by atoms with Crippen LogP contribution in [0.2, 0.25) is 0 Å². The third kappa shape index (κ3) is 3.69. The molecule has 0 radical (unpaired) electrons. The van der Waals surface area contributed by atoms with Crippen molar-refractivity contribution < 1.29 is 4.79 Å². The Morgan fingerprint density at radius 3 is 2.76 bits per heavy atom. The summed E-state index contributed by atoms with van der Waals surface area (Å²) in [6.45, 7) is 8.65. The fraction of sp³-hybridized carbons (Fsp3) is 0.500. The fourth-order valence-electron chi connectivity index (χ4n) is 4.59. The van der Waals surface area contributed by atoms with Gasteiger partial charge in [0, 0.05) is 74.6 Å².